The number of nitrogens with two attached hydrogens (primary N) is 1. The number of carbonyl (C=O) groups is 1. The number of rotatable bonds is 5. The fourth-order valence-corrected chi connectivity index (χ4v) is 2.01. The average molecular weight is 257 g/mol. The maximum atomic E-state index is 13.1. The predicted octanol–water partition coefficient (Wildman–Crippen LogP) is 2.95. The summed E-state index contributed by atoms with van der Waals surface area (Å²) in [5, 5.41) is 0. The van der Waals surface area contributed by atoms with Crippen LogP contribution in [0.5, 0.6) is 0 Å². The van der Waals surface area contributed by atoms with Crippen molar-refractivity contribution in [2.45, 2.75) is 18.9 Å². The average Bonchev–Trinajstić information content (AvgIpc) is 2.40. The zero-order valence-electron chi connectivity index (χ0n) is 10.6. The molecule has 0 fully saturated rings. The van der Waals surface area contributed by atoms with Gasteiger partial charge in [0.2, 0.25) is 0 Å². The van der Waals surface area contributed by atoms with Gasteiger partial charge in [-0.2, -0.15) is 0 Å². The zero-order chi connectivity index (χ0) is 13.7. The third kappa shape index (κ3) is 3.73. The topological polar surface area (TPSA) is 43.1 Å². The maximum Gasteiger partial charge on any atom is 0.123 e. The minimum atomic E-state index is -0.241. The molecule has 0 radical (unpaired) electrons. The van der Waals surface area contributed by atoms with E-state index in [1.807, 2.05) is 30.3 Å². The number of hydrogen-bond donors (Lipinski definition) is 1. The predicted molar refractivity (Wildman–Crippen MR) is 74.2 cm³/mol. The van der Waals surface area contributed by atoms with Gasteiger partial charge in [-0.25, -0.2) is 4.39 Å². The molecule has 0 aromatic heterocycles. The van der Waals surface area contributed by atoms with Crippen LogP contribution in [-0.4, -0.2) is 12.3 Å². The first-order valence-corrected chi connectivity index (χ1v) is 6.23. The molecule has 0 spiro atoms. The quantitative estimate of drug-likeness (QED) is 0.837. The van der Waals surface area contributed by atoms with Crippen molar-refractivity contribution < 1.29 is 9.18 Å². The lowest BCUT2D eigenvalue weighted by molar-refractivity contribution is -0.108. The third-order valence-corrected chi connectivity index (χ3v) is 3.01. The Morgan fingerprint density at radius 1 is 1.11 bits per heavy atom. The Balaban J connectivity index is 2.12. The molecule has 3 heteroatoms. The molecule has 0 aliphatic carbocycles. The van der Waals surface area contributed by atoms with Gasteiger partial charge in [0.05, 0.1) is 0 Å². The van der Waals surface area contributed by atoms with E-state index in [9.17, 15) is 9.18 Å². The van der Waals surface area contributed by atoms with Crippen molar-refractivity contribution in [2.24, 2.45) is 5.73 Å². The van der Waals surface area contributed by atoms with E-state index in [0.29, 0.717) is 12.8 Å². The minimum absolute atomic E-state index is 0.141. The van der Waals surface area contributed by atoms with E-state index in [0.717, 1.165) is 23.0 Å². The van der Waals surface area contributed by atoms with Crippen molar-refractivity contribution in [3.63, 3.8) is 0 Å². The molecule has 0 aliphatic heterocycles. The van der Waals surface area contributed by atoms with Crippen LogP contribution in [-0.2, 0) is 11.2 Å². The van der Waals surface area contributed by atoms with Gasteiger partial charge in [0.15, 0.2) is 0 Å². The Kier molecular flexibility index (Phi) is 4.42. The Labute approximate surface area is 112 Å². The van der Waals surface area contributed by atoms with Gasteiger partial charge in [0.1, 0.15) is 12.1 Å². The van der Waals surface area contributed by atoms with Crippen LogP contribution in [0.4, 0.5) is 4.39 Å². The normalized spacial score (nSPS) is 12.1. The molecule has 0 unspecified atom stereocenters. The Bertz CT molecular complexity index is 551. The molecule has 2 nitrogen and oxygen atoms in total. The van der Waals surface area contributed by atoms with Crippen molar-refractivity contribution in [2.75, 3.05) is 0 Å². The molecule has 0 amide bonds. The smallest absolute Gasteiger partial charge is 0.123 e. The fourth-order valence-electron chi connectivity index (χ4n) is 2.01. The van der Waals surface area contributed by atoms with Gasteiger partial charge in [-0.15, -0.1) is 0 Å². The summed E-state index contributed by atoms with van der Waals surface area (Å²) in [6.07, 6.45) is 1.87. The molecule has 0 aliphatic rings. The molecule has 2 N–H and O–H groups in total. The molecule has 0 bridgehead atoms. The Morgan fingerprint density at radius 2 is 1.84 bits per heavy atom. The highest BCUT2D eigenvalue weighted by Crippen LogP contribution is 2.21. The van der Waals surface area contributed by atoms with Gasteiger partial charge in [-0.1, -0.05) is 36.4 Å². The third-order valence-electron chi connectivity index (χ3n) is 3.01. The van der Waals surface area contributed by atoms with Crippen molar-refractivity contribution in [1.82, 2.24) is 0 Å². The highest BCUT2D eigenvalue weighted by molar-refractivity contribution is 5.63. The molecular formula is C16H16FNO. The van der Waals surface area contributed by atoms with Gasteiger partial charge in [0, 0.05) is 12.5 Å². The van der Waals surface area contributed by atoms with E-state index in [-0.39, 0.29) is 11.9 Å². The highest BCUT2D eigenvalue weighted by atomic mass is 19.1. The number of benzene rings is 2. The second kappa shape index (κ2) is 6.25. The number of carbonyl (C=O) groups excluding carboxylic acids is 1. The minimum Gasteiger partial charge on any atom is -0.327 e. The van der Waals surface area contributed by atoms with E-state index >= 15 is 0 Å². The summed E-state index contributed by atoms with van der Waals surface area (Å²) in [6.45, 7) is 0. The first-order valence-electron chi connectivity index (χ1n) is 6.23. The van der Waals surface area contributed by atoms with Gasteiger partial charge < -0.3 is 10.5 Å². The van der Waals surface area contributed by atoms with E-state index in [4.69, 9.17) is 5.73 Å². The molecule has 2 aromatic carbocycles. The lowest BCUT2D eigenvalue weighted by Gasteiger charge is -2.09. The summed E-state index contributed by atoms with van der Waals surface area (Å²) < 4.78 is 13.1. The SMILES string of the molecule is N[C@@H](CC=O)Cc1ccc(-c2cccc(F)c2)cc1. The van der Waals surface area contributed by atoms with Crippen LogP contribution in [0.15, 0.2) is 48.5 Å². The maximum absolute atomic E-state index is 13.1. The molecule has 19 heavy (non-hydrogen) atoms. The van der Waals surface area contributed by atoms with E-state index in [2.05, 4.69) is 0 Å². The summed E-state index contributed by atoms with van der Waals surface area (Å²) >= 11 is 0. The summed E-state index contributed by atoms with van der Waals surface area (Å²) in [4.78, 5) is 10.4. The molecule has 0 saturated carbocycles. The number of aldehydes is 1. The van der Waals surface area contributed by atoms with Crippen LogP contribution >= 0.6 is 0 Å². The number of halogens is 1. The molecule has 0 saturated heterocycles. The van der Waals surface area contributed by atoms with Crippen LogP contribution < -0.4 is 5.73 Å². The lowest BCUT2D eigenvalue weighted by Crippen LogP contribution is -2.22. The van der Waals surface area contributed by atoms with Gasteiger partial charge in [-0.3, -0.25) is 0 Å². The largest absolute Gasteiger partial charge is 0.327 e. The van der Waals surface area contributed by atoms with Gasteiger partial charge in [0.25, 0.3) is 0 Å². The molecule has 2 rings (SSSR count). The van der Waals surface area contributed by atoms with Crippen molar-refractivity contribution in [3.8, 4) is 11.1 Å². The van der Waals surface area contributed by atoms with Gasteiger partial charge in [-0.05, 0) is 35.2 Å². The van der Waals surface area contributed by atoms with Crippen molar-refractivity contribution in [1.29, 1.82) is 0 Å². The molecule has 2 aromatic rings. The van der Waals surface area contributed by atoms with Crippen molar-refractivity contribution in [3.05, 3.63) is 59.9 Å². The zero-order valence-corrected chi connectivity index (χ0v) is 10.6. The van der Waals surface area contributed by atoms with Crippen LogP contribution in [0.3, 0.4) is 0 Å². The highest BCUT2D eigenvalue weighted by Gasteiger charge is 2.04. The molecule has 98 valence electrons. The number of hydrogen-bond acceptors (Lipinski definition) is 2. The fraction of sp³-hybridized carbons (Fsp3) is 0.188. The molecule has 1 atom stereocenters. The van der Waals surface area contributed by atoms with E-state index in [1.54, 1.807) is 6.07 Å². The van der Waals surface area contributed by atoms with E-state index in [1.165, 1.54) is 12.1 Å². The van der Waals surface area contributed by atoms with Crippen molar-refractivity contribution >= 4 is 6.29 Å². The van der Waals surface area contributed by atoms with Gasteiger partial charge >= 0.3 is 0 Å². The first-order chi connectivity index (χ1) is 9.19. The standard InChI is InChI=1S/C16H16FNO/c17-15-3-1-2-14(11-15)13-6-4-12(5-7-13)10-16(18)8-9-19/h1-7,9,11,16H,8,10,18H2/t16-/m0/s1. The second-order valence-electron chi connectivity index (χ2n) is 4.57. The van der Waals surface area contributed by atoms with Crippen LogP contribution in [0.25, 0.3) is 11.1 Å². The summed E-state index contributed by atoms with van der Waals surface area (Å²) in [5.41, 5.74) is 8.70. The summed E-state index contributed by atoms with van der Waals surface area (Å²) in [5.74, 6) is -0.241. The second-order valence-corrected chi connectivity index (χ2v) is 4.57. The monoisotopic (exact) mass is 257 g/mol. The van der Waals surface area contributed by atoms with Crippen LogP contribution in [0, 0.1) is 5.82 Å². The van der Waals surface area contributed by atoms with Crippen LogP contribution in [0.2, 0.25) is 0 Å². The Hall–Kier alpha value is -2.00. The van der Waals surface area contributed by atoms with E-state index < -0.39 is 0 Å². The summed E-state index contributed by atoms with van der Waals surface area (Å²) in [6, 6.07) is 14.2. The molecular weight excluding hydrogens is 241 g/mol. The summed E-state index contributed by atoms with van der Waals surface area (Å²) in [7, 11) is 0. The van der Waals surface area contributed by atoms with Crippen LogP contribution in [0.1, 0.15) is 12.0 Å². The lowest BCUT2D eigenvalue weighted by atomic mass is 10.00. The Morgan fingerprint density at radius 3 is 2.47 bits per heavy atom. The first kappa shape index (κ1) is 13.4. The molecule has 0 heterocycles.